The lowest BCUT2D eigenvalue weighted by Crippen LogP contribution is -2.25. The van der Waals surface area contributed by atoms with Gasteiger partial charge in [0.1, 0.15) is 17.3 Å². The van der Waals surface area contributed by atoms with Crippen LogP contribution in [0.4, 0.5) is 5.69 Å². The molecule has 2 heterocycles. The van der Waals surface area contributed by atoms with Crippen molar-refractivity contribution in [2.75, 3.05) is 25.7 Å². The van der Waals surface area contributed by atoms with Gasteiger partial charge in [-0.3, -0.25) is 4.79 Å². The van der Waals surface area contributed by atoms with E-state index in [1.165, 1.54) is 0 Å². The van der Waals surface area contributed by atoms with Gasteiger partial charge in [0, 0.05) is 32.0 Å². The first-order chi connectivity index (χ1) is 12.6. The maximum atomic E-state index is 12.7. The summed E-state index contributed by atoms with van der Waals surface area (Å²) in [5.41, 5.74) is 2.76. The average molecular weight is 351 g/mol. The molecule has 0 bridgehead atoms. The fraction of sp³-hybridized carbons (Fsp3) is 0.300. The molecule has 1 fully saturated rings. The van der Waals surface area contributed by atoms with Crippen molar-refractivity contribution < 1.29 is 14.3 Å². The Hall–Kier alpha value is -3.02. The lowest BCUT2D eigenvalue weighted by molar-refractivity contribution is -0.117. The largest absolute Gasteiger partial charge is 0.497 e. The Bertz CT molecular complexity index is 980. The third kappa shape index (κ3) is 2.58. The fourth-order valence-electron chi connectivity index (χ4n) is 3.65. The Balaban J connectivity index is 1.70. The van der Waals surface area contributed by atoms with Gasteiger partial charge in [0.2, 0.25) is 5.91 Å². The van der Waals surface area contributed by atoms with E-state index >= 15 is 0 Å². The van der Waals surface area contributed by atoms with Gasteiger partial charge in [-0.2, -0.15) is 0 Å². The van der Waals surface area contributed by atoms with E-state index in [1.54, 1.807) is 19.1 Å². The molecule has 0 radical (unpaired) electrons. The number of rotatable bonds is 4. The number of benzene rings is 2. The molecule has 1 atom stereocenters. The first-order valence-electron chi connectivity index (χ1n) is 8.56. The van der Waals surface area contributed by atoms with Crippen molar-refractivity contribution in [2.45, 2.75) is 12.3 Å². The molecule has 2 aromatic carbocycles. The summed E-state index contributed by atoms with van der Waals surface area (Å²) in [5.74, 6) is 2.39. The highest BCUT2D eigenvalue weighted by Gasteiger charge is 2.35. The minimum Gasteiger partial charge on any atom is -0.497 e. The molecular formula is C20H21N3O3. The molecule has 3 aromatic rings. The fourth-order valence-corrected chi connectivity index (χ4v) is 3.65. The third-order valence-corrected chi connectivity index (χ3v) is 4.99. The van der Waals surface area contributed by atoms with E-state index in [9.17, 15) is 4.79 Å². The SMILES string of the molecule is COc1ccc(OC)c(N2C[C@H](c3nc4ccccc4n3C)CC2=O)c1. The summed E-state index contributed by atoms with van der Waals surface area (Å²) < 4.78 is 12.8. The molecule has 1 aliphatic heterocycles. The summed E-state index contributed by atoms with van der Waals surface area (Å²) in [4.78, 5) is 19.3. The predicted octanol–water partition coefficient (Wildman–Crippen LogP) is 3.11. The number of para-hydroxylation sites is 2. The normalized spacial score (nSPS) is 17.1. The zero-order valence-electron chi connectivity index (χ0n) is 15.1. The van der Waals surface area contributed by atoms with Gasteiger partial charge in [0.05, 0.1) is 30.9 Å². The van der Waals surface area contributed by atoms with Crippen molar-refractivity contribution >= 4 is 22.6 Å². The number of hydrogen-bond acceptors (Lipinski definition) is 4. The first-order valence-corrected chi connectivity index (χ1v) is 8.56. The first kappa shape index (κ1) is 16.4. The van der Waals surface area contributed by atoms with Crippen LogP contribution in [-0.2, 0) is 11.8 Å². The number of fused-ring (bicyclic) bond motifs is 1. The maximum Gasteiger partial charge on any atom is 0.227 e. The standard InChI is InChI=1S/C20H21N3O3/c1-22-16-7-5-4-6-15(16)21-20(22)13-10-19(24)23(12-13)17-11-14(25-2)8-9-18(17)26-3/h4-9,11,13H,10,12H2,1-3H3/t13-/m1/s1. The van der Waals surface area contributed by atoms with E-state index in [-0.39, 0.29) is 11.8 Å². The van der Waals surface area contributed by atoms with Gasteiger partial charge >= 0.3 is 0 Å². The predicted molar refractivity (Wildman–Crippen MR) is 100.0 cm³/mol. The lowest BCUT2D eigenvalue weighted by atomic mass is 10.1. The van der Waals surface area contributed by atoms with Crippen molar-refractivity contribution in [2.24, 2.45) is 7.05 Å². The number of nitrogens with zero attached hydrogens (tertiary/aromatic N) is 3. The van der Waals surface area contributed by atoms with Crippen molar-refractivity contribution in [3.63, 3.8) is 0 Å². The summed E-state index contributed by atoms with van der Waals surface area (Å²) in [7, 11) is 5.22. The molecule has 0 N–H and O–H groups in total. The molecule has 26 heavy (non-hydrogen) atoms. The number of methoxy groups -OCH3 is 2. The van der Waals surface area contributed by atoms with Crippen LogP contribution in [0.5, 0.6) is 11.5 Å². The van der Waals surface area contributed by atoms with E-state index in [0.29, 0.717) is 24.5 Å². The second-order valence-corrected chi connectivity index (χ2v) is 6.46. The Morgan fingerprint density at radius 2 is 1.92 bits per heavy atom. The van der Waals surface area contributed by atoms with Crippen LogP contribution in [-0.4, -0.2) is 36.2 Å². The molecule has 4 rings (SSSR count). The van der Waals surface area contributed by atoms with Crippen LogP contribution in [0.2, 0.25) is 0 Å². The number of hydrogen-bond donors (Lipinski definition) is 0. The summed E-state index contributed by atoms with van der Waals surface area (Å²) >= 11 is 0. The monoisotopic (exact) mass is 351 g/mol. The topological polar surface area (TPSA) is 56.6 Å². The number of aryl methyl sites for hydroxylation is 1. The summed E-state index contributed by atoms with van der Waals surface area (Å²) in [6, 6.07) is 13.5. The maximum absolute atomic E-state index is 12.7. The van der Waals surface area contributed by atoms with E-state index in [2.05, 4.69) is 4.57 Å². The highest BCUT2D eigenvalue weighted by atomic mass is 16.5. The number of carbonyl (C=O) groups excluding carboxylic acids is 1. The van der Waals surface area contributed by atoms with Gasteiger partial charge in [-0.05, 0) is 24.3 Å². The van der Waals surface area contributed by atoms with E-state index in [0.717, 1.165) is 22.5 Å². The number of ether oxygens (including phenoxy) is 2. The van der Waals surface area contributed by atoms with Crippen LogP contribution in [0.1, 0.15) is 18.2 Å². The molecule has 0 spiro atoms. The summed E-state index contributed by atoms with van der Waals surface area (Å²) in [6.45, 7) is 0.569. The van der Waals surface area contributed by atoms with E-state index in [4.69, 9.17) is 14.5 Å². The number of carbonyl (C=O) groups is 1. The van der Waals surface area contributed by atoms with Gasteiger partial charge in [-0.1, -0.05) is 12.1 Å². The van der Waals surface area contributed by atoms with Gasteiger partial charge in [-0.25, -0.2) is 4.98 Å². The molecule has 1 aliphatic rings. The number of aromatic nitrogens is 2. The highest BCUT2D eigenvalue weighted by molar-refractivity contribution is 5.98. The zero-order chi connectivity index (χ0) is 18.3. The van der Waals surface area contributed by atoms with Crippen LogP contribution < -0.4 is 14.4 Å². The molecule has 1 amide bonds. The van der Waals surface area contributed by atoms with Gasteiger partial charge in [-0.15, -0.1) is 0 Å². The zero-order valence-corrected chi connectivity index (χ0v) is 15.1. The van der Waals surface area contributed by atoms with E-state index < -0.39 is 0 Å². The van der Waals surface area contributed by atoms with Crippen LogP contribution >= 0.6 is 0 Å². The van der Waals surface area contributed by atoms with Crippen LogP contribution in [0.15, 0.2) is 42.5 Å². The second kappa shape index (κ2) is 6.37. The smallest absolute Gasteiger partial charge is 0.227 e. The van der Waals surface area contributed by atoms with Gasteiger partial charge in [0.25, 0.3) is 0 Å². The Morgan fingerprint density at radius 1 is 1.12 bits per heavy atom. The van der Waals surface area contributed by atoms with Crippen molar-refractivity contribution in [3.8, 4) is 11.5 Å². The quantitative estimate of drug-likeness (QED) is 0.725. The molecule has 1 aromatic heterocycles. The third-order valence-electron chi connectivity index (χ3n) is 4.99. The van der Waals surface area contributed by atoms with Crippen molar-refractivity contribution in [1.82, 2.24) is 9.55 Å². The molecular weight excluding hydrogens is 330 g/mol. The Labute approximate surface area is 152 Å². The molecule has 0 unspecified atom stereocenters. The second-order valence-electron chi connectivity index (χ2n) is 6.46. The van der Waals surface area contributed by atoms with Crippen LogP contribution in [0, 0.1) is 0 Å². The molecule has 0 saturated carbocycles. The highest BCUT2D eigenvalue weighted by Crippen LogP contribution is 2.38. The molecule has 6 heteroatoms. The van der Waals surface area contributed by atoms with Crippen LogP contribution in [0.3, 0.4) is 0 Å². The van der Waals surface area contributed by atoms with Crippen molar-refractivity contribution in [3.05, 3.63) is 48.3 Å². The minimum absolute atomic E-state index is 0.0378. The van der Waals surface area contributed by atoms with Crippen LogP contribution in [0.25, 0.3) is 11.0 Å². The average Bonchev–Trinajstić information content (AvgIpc) is 3.21. The Kier molecular flexibility index (Phi) is 4.03. The number of imidazole rings is 1. The summed E-state index contributed by atoms with van der Waals surface area (Å²) in [5, 5.41) is 0. The van der Waals surface area contributed by atoms with Gasteiger partial charge < -0.3 is 18.9 Å². The molecule has 134 valence electrons. The lowest BCUT2D eigenvalue weighted by Gasteiger charge is -2.20. The molecule has 6 nitrogen and oxygen atoms in total. The number of amides is 1. The Morgan fingerprint density at radius 3 is 2.65 bits per heavy atom. The van der Waals surface area contributed by atoms with Crippen molar-refractivity contribution in [1.29, 1.82) is 0 Å². The summed E-state index contributed by atoms with van der Waals surface area (Å²) in [6.07, 6.45) is 0.428. The minimum atomic E-state index is 0.0378. The van der Waals surface area contributed by atoms with Gasteiger partial charge in [0.15, 0.2) is 0 Å². The number of anilines is 1. The molecule has 0 aliphatic carbocycles. The van der Waals surface area contributed by atoms with E-state index in [1.807, 2.05) is 49.5 Å². The molecule has 1 saturated heterocycles.